The summed E-state index contributed by atoms with van der Waals surface area (Å²) in [7, 11) is 0. The fourth-order valence-electron chi connectivity index (χ4n) is 1.19. The van der Waals surface area contributed by atoms with Gasteiger partial charge in [0.2, 0.25) is 0 Å². The Labute approximate surface area is 91.6 Å². The van der Waals surface area contributed by atoms with Crippen molar-refractivity contribution in [2.45, 2.75) is 18.9 Å². The Kier molecular flexibility index (Phi) is 4.12. The molecule has 3 heteroatoms. The van der Waals surface area contributed by atoms with Crippen molar-refractivity contribution in [3.05, 3.63) is 34.1 Å². The largest absolute Gasteiger partial charge is 0.324 e. The lowest BCUT2D eigenvalue weighted by molar-refractivity contribution is 0.611. The highest BCUT2D eigenvalue weighted by molar-refractivity contribution is 9.10. The van der Waals surface area contributed by atoms with E-state index in [9.17, 15) is 4.39 Å². The van der Waals surface area contributed by atoms with Gasteiger partial charge in [0.1, 0.15) is 5.82 Å². The molecule has 1 rings (SSSR count). The molecule has 14 heavy (non-hydrogen) atoms. The summed E-state index contributed by atoms with van der Waals surface area (Å²) in [4.78, 5) is 0. The third kappa shape index (κ3) is 2.83. The maximum atomic E-state index is 12.9. The molecule has 0 fully saturated rings. The number of terminal acetylenes is 1. The highest BCUT2D eigenvalue weighted by Gasteiger charge is 2.09. The van der Waals surface area contributed by atoms with E-state index in [-0.39, 0.29) is 11.9 Å². The molecule has 0 aromatic heterocycles. The van der Waals surface area contributed by atoms with Gasteiger partial charge in [0, 0.05) is 16.9 Å². The maximum absolute atomic E-state index is 12.9. The summed E-state index contributed by atoms with van der Waals surface area (Å²) >= 11 is 3.32. The summed E-state index contributed by atoms with van der Waals surface area (Å²) < 4.78 is 13.7. The first-order valence-electron chi connectivity index (χ1n) is 4.29. The summed E-state index contributed by atoms with van der Waals surface area (Å²) in [5.41, 5.74) is 6.62. The molecule has 2 N–H and O–H groups in total. The maximum Gasteiger partial charge on any atom is 0.123 e. The molecule has 1 nitrogen and oxygen atoms in total. The molecular weight excluding hydrogens is 245 g/mol. The zero-order valence-electron chi connectivity index (χ0n) is 7.63. The number of benzene rings is 1. The van der Waals surface area contributed by atoms with Crippen LogP contribution in [0.2, 0.25) is 0 Å². The van der Waals surface area contributed by atoms with Crippen LogP contribution in [0.1, 0.15) is 24.4 Å². The Bertz CT molecular complexity index is 357. The molecule has 1 atom stereocenters. The number of nitrogens with two attached hydrogens (primary N) is 1. The molecule has 0 radical (unpaired) electrons. The Hall–Kier alpha value is -0.850. The van der Waals surface area contributed by atoms with E-state index in [2.05, 4.69) is 21.9 Å². The van der Waals surface area contributed by atoms with E-state index in [0.717, 1.165) is 10.0 Å². The molecule has 0 amide bonds. The molecule has 1 unspecified atom stereocenters. The topological polar surface area (TPSA) is 26.0 Å². The minimum absolute atomic E-state index is 0.212. The van der Waals surface area contributed by atoms with E-state index < -0.39 is 0 Å². The smallest absolute Gasteiger partial charge is 0.123 e. The number of hydrogen-bond acceptors (Lipinski definition) is 1. The molecular formula is C11H11BrFN. The van der Waals surface area contributed by atoms with Crippen molar-refractivity contribution >= 4 is 15.9 Å². The van der Waals surface area contributed by atoms with Crippen LogP contribution in [0.15, 0.2) is 22.7 Å². The number of hydrogen-bond donors (Lipinski definition) is 1. The molecule has 0 spiro atoms. The molecule has 1 aromatic rings. The Morgan fingerprint density at radius 1 is 1.57 bits per heavy atom. The van der Waals surface area contributed by atoms with Gasteiger partial charge in [-0.15, -0.1) is 12.3 Å². The zero-order valence-corrected chi connectivity index (χ0v) is 9.22. The second-order valence-corrected chi connectivity index (χ2v) is 3.87. The van der Waals surface area contributed by atoms with Crippen LogP contribution in [-0.4, -0.2) is 0 Å². The lowest BCUT2D eigenvalue weighted by atomic mass is 10.0. The first kappa shape index (κ1) is 11.2. The van der Waals surface area contributed by atoms with Gasteiger partial charge in [-0.2, -0.15) is 0 Å². The summed E-state index contributed by atoms with van der Waals surface area (Å²) in [6, 6.07) is 4.27. The van der Waals surface area contributed by atoms with Gasteiger partial charge in [-0.3, -0.25) is 0 Å². The SMILES string of the molecule is C#CCCC(N)c1cc(F)ccc1Br. The minimum Gasteiger partial charge on any atom is -0.324 e. The molecule has 0 heterocycles. The van der Waals surface area contributed by atoms with Crippen LogP contribution < -0.4 is 5.73 Å². The van der Waals surface area contributed by atoms with Gasteiger partial charge in [0.15, 0.2) is 0 Å². The van der Waals surface area contributed by atoms with Gasteiger partial charge < -0.3 is 5.73 Å². The van der Waals surface area contributed by atoms with Crippen molar-refractivity contribution in [3.8, 4) is 12.3 Å². The van der Waals surface area contributed by atoms with Gasteiger partial charge >= 0.3 is 0 Å². The van der Waals surface area contributed by atoms with Gasteiger partial charge in [-0.05, 0) is 30.2 Å². The zero-order chi connectivity index (χ0) is 10.6. The van der Waals surface area contributed by atoms with Crippen molar-refractivity contribution in [1.82, 2.24) is 0 Å². The number of halogens is 2. The van der Waals surface area contributed by atoms with Gasteiger partial charge in [0.25, 0.3) is 0 Å². The molecule has 1 aromatic carbocycles. The lowest BCUT2D eigenvalue weighted by Gasteiger charge is -2.12. The van der Waals surface area contributed by atoms with Crippen LogP contribution >= 0.6 is 15.9 Å². The predicted octanol–water partition coefficient (Wildman–Crippen LogP) is 3.00. The van der Waals surface area contributed by atoms with Gasteiger partial charge in [-0.1, -0.05) is 15.9 Å². The highest BCUT2D eigenvalue weighted by Crippen LogP contribution is 2.25. The van der Waals surface area contributed by atoms with Crippen LogP contribution in [0.3, 0.4) is 0 Å². The predicted molar refractivity (Wildman–Crippen MR) is 59.1 cm³/mol. The molecule has 0 aliphatic rings. The summed E-state index contributed by atoms with van der Waals surface area (Å²) in [6.45, 7) is 0. The average Bonchev–Trinajstić information content (AvgIpc) is 2.18. The Morgan fingerprint density at radius 2 is 2.29 bits per heavy atom. The van der Waals surface area contributed by atoms with Gasteiger partial charge in [-0.25, -0.2) is 4.39 Å². The quantitative estimate of drug-likeness (QED) is 0.826. The fraction of sp³-hybridized carbons (Fsp3) is 0.273. The highest BCUT2D eigenvalue weighted by atomic mass is 79.9. The lowest BCUT2D eigenvalue weighted by Crippen LogP contribution is -2.10. The second-order valence-electron chi connectivity index (χ2n) is 3.02. The molecule has 0 aliphatic carbocycles. The van der Waals surface area contributed by atoms with Crippen molar-refractivity contribution in [1.29, 1.82) is 0 Å². The van der Waals surface area contributed by atoms with Crippen LogP contribution in [0.4, 0.5) is 4.39 Å². The van der Waals surface area contributed by atoms with E-state index in [0.29, 0.717) is 12.8 Å². The third-order valence-corrected chi connectivity index (χ3v) is 2.68. The Balaban J connectivity index is 2.83. The van der Waals surface area contributed by atoms with Crippen LogP contribution in [-0.2, 0) is 0 Å². The molecule has 0 bridgehead atoms. The standard InChI is InChI=1S/C11H11BrFN/c1-2-3-4-11(14)9-7-8(13)5-6-10(9)12/h1,5-7,11H,3-4,14H2. The summed E-state index contributed by atoms with van der Waals surface area (Å²) in [6.07, 6.45) is 6.40. The van der Waals surface area contributed by atoms with Crippen LogP contribution in [0.5, 0.6) is 0 Å². The van der Waals surface area contributed by atoms with Crippen molar-refractivity contribution < 1.29 is 4.39 Å². The number of rotatable bonds is 3. The Morgan fingerprint density at radius 3 is 2.93 bits per heavy atom. The molecule has 0 aliphatic heterocycles. The van der Waals surface area contributed by atoms with Gasteiger partial charge in [0.05, 0.1) is 0 Å². The molecule has 74 valence electrons. The van der Waals surface area contributed by atoms with E-state index in [1.165, 1.54) is 12.1 Å². The third-order valence-electron chi connectivity index (χ3n) is 1.96. The van der Waals surface area contributed by atoms with Crippen LogP contribution in [0, 0.1) is 18.2 Å². The first-order chi connectivity index (χ1) is 6.65. The van der Waals surface area contributed by atoms with E-state index in [1.807, 2.05) is 0 Å². The molecule has 0 saturated heterocycles. The normalized spacial score (nSPS) is 12.1. The van der Waals surface area contributed by atoms with Crippen molar-refractivity contribution in [2.24, 2.45) is 5.73 Å². The van der Waals surface area contributed by atoms with Crippen LogP contribution in [0.25, 0.3) is 0 Å². The summed E-state index contributed by atoms with van der Waals surface area (Å²) in [5, 5.41) is 0. The van der Waals surface area contributed by atoms with Crippen molar-refractivity contribution in [3.63, 3.8) is 0 Å². The van der Waals surface area contributed by atoms with E-state index >= 15 is 0 Å². The fourth-order valence-corrected chi connectivity index (χ4v) is 1.73. The first-order valence-corrected chi connectivity index (χ1v) is 5.08. The van der Waals surface area contributed by atoms with E-state index in [4.69, 9.17) is 12.2 Å². The molecule has 0 saturated carbocycles. The minimum atomic E-state index is -0.278. The van der Waals surface area contributed by atoms with E-state index in [1.54, 1.807) is 6.07 Å². The monoisotopic (exact) mass is 255 g/mol. The average molecular weight is 256 g/mol. The van der Waals surface area contributed by atoms with Crippen molar-refractivity contribution in [2.75, 3.05) is 0 Å². The second kappa shape index (κ2) is 5.14. The summed E-state index contributed by atoms with van der Waals surface area (Å²) in [5.74, 6) is 2.24.